The molecule has 0 spiro atoms. The topological polar surface area (TPSA) is 105 Å². The molecule has 2 N–H and O–H groups in total. The number of piperidine rings is 1. The van der Waals surface area contributed by atoms with Crippen LogP contribution in [0.3, 0.4) is 0 Å². The molecule has 158 valence electrons. The Kier molecular flexibility index (Phi) is 7.03. The van der Waals surface area contributed by atoms with Crippen LogP contribution in [0.1, 0.15) is 40.0 Å². The van der Waals surface area contributed by atoms with Gasteiger partial charge in [-0.2, -0.15) is 0 Å². The van der Waals surface area contributed by atoms with Crippen LogP contribution in [0, 0.1) is 0 Å². The number of nitrogens with one attached hydrogen (secondary N) is 1. The summed E-state index contributed by atoms with van der Waals surface area (Å²) in [6.45, 7) is 1.60. The zero-order valence-electron chi connectivity index (χ0n) is 16.7. The van der Waals surface area contributed by atoms with E-state index in [0.717, 1.165) is 32.4 Å². The van der Waals surface area contributed by atoms with Crippen molar-refractivity contribution in [1.82, 2.24) is 0 Å². The van der Waals surface area contributed by atoms with Crippen molar-refractivity contribution in [2.45, 2.75) is 19.3 Å². The first kappa shape index (κ1) is 21.3. The van der Waals surface area contributed by atoms with Gasteiger partial charge in [-0.15, -0.1) is 0 Å². The number of carbonyl (C=O) groups is 3. The highest BCUT2D eigenvalue weighted by Crippen LogP contribution is 2.29. The maximum Gasteiger partial charge on any atom is 0.337 e. The van der Waals surface area contributed by atoms with Crippen molar-refractivity contribution in [3.63, 3.8) is 0 Å². The van der Waals surface area contributed by atoms with E-state index in [0.29, 0.717) is 11.4 Å². The molecule has 0 unspecified atom stereocenters. The monoisotopic (exact) mass is 412 g/mol. The van der Waals surface area contributed by atoms with Crippen molar-refractivity contribution < 1.29 is 29.0 Å². The van der Waals surface area contributed by atoms with E-state index in [-0.39, 0.29) is 23.6 Å². The van der Waals surface area contributed by atoms with Crippen molar-refractivity contribution in [3.8, 4) is 5.75 Å². The van der Waals surface area contributed by atoms with Crippen LogP contribution in [0.4, 0.5) is 11.4 Å². The number of amides is 1. The molecule has 0 radical (unpaired) electrons. The second-order valence-electron chi connectivity index (χ2n) is 6.91. The van der Waals surface area contributed by atoms with Gasteiger partial charge in [-0.1, -0.05) is 12.1 Å². The summed E-state index contributed by atoms with van der Waals surface area (Å²) in [5, 5.41) is 11.7. The molecule has 30 heavy (non-hydrogen) atoms. The maximum absolute atomic E-state index is 13.0. The predicted octanol–water partition coefficient (Wildman–Crippen LogP) is 3.18. The predicted molar refractivity (Wildman–Crippen MR) is 111 cm³/mol. The Balaban J connectivity index is 1.90. The molecule has 2 aromatic carbocycles. The average molecular weight is 412 g/mol. The summed E-state index contributed by atoms with van der Waals surface area (Å²) in [6.07, 6.45) is 3.14. The molecule has 8 heteroatoms. The summed E-state index contributed by atoms with van der Waals surface area (Å²) < 4.78 is 10.3. The van der Waals surface area contributed by atoms with E-state index in [9.17, 15) is 19.5 Å². The number of methoxy groups -OCH3 is 1. The molecule has 1 amide bonds. The minimum absolute atomic E-state index is 0.00880. The Bertz CT molecular complexity index is 937. The lowest BCUT2D eigenvalue weighted by molar-refractivity contribution is -0.112. The smallest absolute Gasteiger partial charge is 0.337 e. The van der Waals surface area contributed by atoms with E-state index in [1.807, 2.05) is 0 Å². The summed E-state index contributed by atoms with van der Waals surface area (Å²) in [5.41, 5.74) is 0.837. The number of hydrogen-bond donors (Lipinski definition) is 2. The number of rotatable bonds is 8. The van der Waals surface area contributed by atoms with Crippen LogP contribution < -0.4 is 15.0 Å². The second kappa shape index (κ2) is 9.89. The number of para-hydroxylation sites is 1. The zero-order valence-corrected chi connectivity index (χ0v) is 16.7. The van der Waals surface area contributed by atoms with Crippen molar-refractivity contribution >= 4 is 29.0 Å². The molecule has 8 nitrogen and oxygen atoms in total. The third-order valence-electron chi connectivity index (χ3n) is 4.86. The van der Waals surface area contributed by atoms with Gasteiger partial charge in [-0.05, 0) is 49.6 Å². The van der Waals surface area contributed by atoms with Gasteiger partial charge in [-0.3, -0.25) is 9.59 Å². The van der Waals surface area contributed by atoms with E-state index < -0.39 is 17.7 Å². The Hall–Kier alpha value is -3.39. The van der Waals surface area contributed by atoms with E-state index in [1.54, 1.807) is 24.3 Å². The van der Waals surface area contributed by atoms with Gasteiger partial charge in [0.05, 0.1) is 16.8 Å². The van der Waals surface area contributed by atoms with E-state index in [4.69, 9.17) is 9.47 Å². The first-order valence-electron chi connectivity index (χ1n) is 9.70. The molecule has 0 bridgehead atoms. The molecule has 1 fully saturated rings. The lowest BCUT2D eigenvalue weighted by atomic mass is 10.0. The third kappa shape index (κ3) is 4.96. The zero-order chi connectivity index (χ0) is 21.5. The number of Topliss-reactive ketones (excluding diaryl/α,β-unsaturated/α-hetero) is 1. The van der Waals surface area contributed by atoms with E-state index in [2.05, 4.69) is 10.2 Å². The summed E-state index contributed by atoms with van der Waals surface area (Å²) in [5.74, 6) is -2.47. The van der Waals surface area contributed by atoms with E-state index in [1.165, 1.54) is 25.3 Å². The Morgan fingerprint density at radius 1 is 1.03 bits per heavy atom. The molecule has 0 aromatic heterocycles. The quantitative estimate of drug-likeness (QED) is 0.390. The summed E-state index contributed by atoms with van der Waals surface area (Å²) in [6, 6.07) is 11.0. The number of ether oxygens (including phenoxy) is 2. The second-order valence-corrected chi connectivity index (χ2v) is 6.91. The summed E-state index contributed by atoms with van der Waals surface area (Å²) >= 11 is 0. The van der Waals surface area contributed by atoms with Crippen LogP contribution in [0.15, 0.2) is 42.5 Å². The standard InChI is InChI=1S/C22H24N2O6/c1-29-14-30-15-9-10-19(24-11-5-2-6-12-24)17(13-15)20(25)21(26)23-18-8-4-3-7-16(18)22(27)28/h3-4,7-10,13H,2,5-6,11-12,14H2,1H3,(H,23,26)(H,27,28). The molecule has 3 rings (SSSR count). The van der Waals surface area contributed by atoms with Gasteiger partial charge in [0.1, 0.15) is 5.75 Å². The summed E-state index contributed by atoms with van der Waals surface area (Å²) in [7, 11) is 1.49. The fourth-order valence-electron chi connectivity index (χ4n) is 3.40. The van der Waals surface area contributed by atoms with Crippen LogP contribution in [0.25, 0.3) is 0 Å². The van der Waals surface area contributed by atoms with E-state index >= 15 is 0 Å². The Labute approximate surface area is 174 Å². The minimum atomic E-state index is -1.19. The lowest BCUT2D eigenvalue weighted by Crippen LogP contribution is -2.32. The molecule has 0 saturated carbocycles. The van der Waals surface area contributed by atoms with Crippen LogP contribution >= 0.6 is 0 Å². The van der Waals surface area contributed by atoms with Gasteiger partial charge in [0.15, 0.2) is 6.79 Å². The SMILES string of the molecule is COCOc1ccc(N2CCCCC2)c(C(=O)C(=O)Nc2ccccc2C(=O)O)c1. The van der Waals surface area contributed by atoms with Crippen molar-refractivity contribution in [2.24, 2.45) is 0 Å². The van der Waals surface area contributed by atoms with Crippen LogP contribution in [0.2, 0.25) is 0 Å². The number of carboxylic acids is 1. The Morgan fingerprint density at radius 3 is 2.47 bits per heavy atom. The molecular weight excluding hydrogens is 388 g/mol. The fourth-order valence-corrected chi connectivity index (χ4v) is 3.40. The number of nitrogens with zero attached hydrogens (tertiary/aromatic N) is 1. The molecule has 0 aliphatic carbocycles. The minimum Gasteiger partial charge on any atom is -0.478 e. The number of benzene rings is 2. The van der Waals surface area contributed by atoms with Gasteiger partial charge in [0, 0.05) is 25.9 Å². The van der Waals surface area contributed by atoms with Crippen molar-refractivity contribution in [3.05, 3.63) is 53.6 Å². The summed E-state index contributed by atoms with van der Waals surface area (Å²) in [4.78, 5) is 39.2. The number of carboxylic acid groups (broad SMARTS) is 1. The highest BCUT2D eigenvalue weighted by molar-refractivity contribution is 6.47. The molecule has 0 atom stereocenters. The van der Waals surface area contributed by atoms with Gasteiger partial charge >= 0.3 is 5.97 Å². The maximum atomic E-state index is 13.0. The first-order chi connectivity index (χ1) is 14.5. The van der Waals surface area contributed by atoms with Gasteiger partial charge in [0.25, 0.3) is 11.7 Å². The molecule has 1 heterocycles. The first-order valence-corrected chi connectivity index (χ1v) is 9.70. The molecule has 1 saturated heterocycles. The average Bonchev–Trinajstić information content (AvgIpc) is 2.77. The highest BCUT2D eigenvalue weighted by atomic mass is 16.7. The third-order valence-corrected chi connectivity index (χ3v) is 4.86. The number of ketones is 1. The normalized spacial score (nSPS) is 13.6. The van der Waals surface area contributed by atoms with Gasteiger partial charge in [0.2, 0.25) is 0 Å². The Morgan fingerprint density at radius 2 is 1.77 bits per heavy atom. The van der Waals surface area contributed by atoms with Crippen LogP contribution in [0.5, 0.6) is 5.75 Å². The molecule has 1 aliphatic heterocycles. The van der Waals surface area contributed by atoms with Crippen molar-refractivity contribution in [2.75, 3.05) is 37.2 Å². The molecular formula is C22H24N2O6. The lowest BCUT2D eigenvalue weighted by Gasteiger charge is -2.30. The number of hydrogen-bond acceptors (Lipinski definition) is 6. The van der Waals surface area contributed by atoms with Gasteiger partial charge in [-0.25, -0.2) is 4.79 Å². The fraction of sp³-hybridized carbons (Fsp3) is 0.318. The molecule has 1 aliphatic rings. The number of carbonyl (C=O) groups excluding carboxylic acids is 2. The largest absolute Gasteiger partial charge is 0.478 e. The molecule has 2 aromatic rings. The highest BCUT2D eigenvalue weighted by Gasteiger charge is 2.25. The number of anilines is 2. The van der Waals surface area contributed by atoms with Gasteiger partial charge < -0.3 is 24.8 Å². The van der Waals surface area contributed by atoms with Crippen LogP contribution in [-0.4, -0.2) is 49.8 Å². The van der Waals surface area contributed by atoms with Crippen molar-refractivity contribution in [1.29, 1.82) is 0 Å². The number of aromatic carboxylic acids is 1. The van der Waals surface area contributed by atoms with Crippen LogP contribution in [-0.2, 0) is 9.53 Å².